The van der Waals surface area contributed by atoms with Crippen LogP contribution in [-0.2, 0) is 6.61 Å². The summed E-state index contributed by atoms with van der Waals surface area (Å²) in [4.78, 5) is 4.95. The number of nitrogens with zero attached hydrogens (tertiary/aromatic N) is 5. The summed E-state index contributed by atoms with van der Waals surface area (Å²) in [6.45, 7) is 0.275. The second-order valence-corrected chi connectivity index (χ2v) is 6.68. The van der Waals surface area contributed by atoms with Gasteiger partial charge in [-0.05, 0) is 30.3 Å². The Hall–Kier alpha value is -2.22. The first-order chi connectivity index (χ1) is 11.7. The van der Waals surface area contributed by atoms with Crippen molar-refractivity contribution in [1.82, 2.24) is 24.8 Å². The Kier molecular flexibility index (Phi) is 4.05. The SMILES string of the molecule is Clc1ccc(OCc2nn3c(-c4ccccn4)nnc3s2)c(Cl)c1. The average molecular weight is 378 g/mol. The average Bonchev–Trinajstić information content (AvgIpc) is 3.15. The quantitative estimate of drug-likeness (QED) is 0.534. The van der Waals surface area contributed by atoms with E-state index in [1.165, 1.54) is 11.3 Å². The second kappa shape index (κ2) is 6.35. The van der Waals surface area contributed by atoms with Gasteiger partial charge in [-0.2, -0.15) is 9.61 Å². The minimum Gasteiger partial charge on any atom is -0.485 e. The van der Waals surface area contributed by atoms with Gasteiger partial charge in [0.25, 0.3) is 0 Å². The van der Waals surface area contributed by atoms with Crippen LogP contribution in [0.5, 0.6) is 5.75 Å². The molecule has 0 spiro atoms. The highest BCUT2D eigenvalue weighted by atomic mass is 35.5. The van der Waals surface area contributed by atoms with Crippen molar-refractivity contribution in [2.24, 2.45) is 0 Å². The summed E-state index contributed by atoms with van der Waals surface area (Å²) in [7, 11) is 0. The monoisotopic (exact) mass is 377 g/mol. The summed E-state index contributed by atoms with van der Waals surface area (Å²) >= 11 is 13.4. The number of ether oxygens (including phenoxy) is 1. The lowest BCUT2D eigenvalue weighted by molar-refractivity contribution is 0.304. The van der Waals surface area contributed by atoms with E-state index in [-0.39, 0.29) is 6.61 Å². The van der Waals surface area contributed by atoms with Crippen molar-refractivity contribution in [1.29, 1.82) is 0 Å². The lowest BCUT2D eigenvalue weighted by Crippen LogP contribution is -1.98. The largest absolute Gasteiger partial charge is 0.485 e. The van der Waals surface area contributed by atoms with Gasteiger partial charge in [0, 0.05) is 11.2 Å². The maximum atomic E-state index is 6.10. The van der Waals surface area contributed by atoms with Crippen molar-refractivity contribution in [2.45, 2.75) is 6.61 Å². The summed E-state index contributed by atoms with van der Waals surface area (Å²) in [5, 5.41) is 14.5. The Balaban J connectivity index is 1.59. The Morgan fingerprint density at radius 3 is 2.83 bits per heavy atom. The van der Waals surface area contributed by atoms with Crippen LogP contribution in [0.1, 0.15) is 5.01 Å². The smallest absolute Gasteiger partial charge is 0.235 e. The predicted molar refractivity (Wildman–Crippen MR) is 92.7 cm³/mol. The number of fused-ring (bicyclic) bond motifs is 1. The van der Waals surface area contributed by atoms with E-state index in [0.29, 0.717) is 32.3 Å². The minimum absolute atomic E-state index is 0.275. The van der Waals surface area contributed by atoms with E-state index in [4.69, 9.17) is 27.9 Å². The third-order valence-corrected chi connectivity index (χ3v) is 4.57. The number of benzene rings is 1. The molecule has 0 saturated heterocycles. The van der Waals surface area contributed by atoms with Crippen LogP contribution in [0.2, 0.25) is 10.0 Å². The summed E-state index contributed by atoms with van der Waals surface area (Å²) in [6.07, 6.45) is 1.70. The van der Waals surface area contributed by atoms with Crippen LogP contribution < -0.4 is 4.74 Å². The molecule has 3 heterocycles. The third kappa shape index (κ3) is 2.93. The summed E-state index contributed by atoms with van der Waals surface area (Å²) in [5.74, 6) is 1.15. The molecule has 0 atom stereocenters. The number of aromatic nitrogens is 5. The van der Waals surface area contributed by atoms with Gasteiger partial charge in [0.05, 0.1) is 5.02 Å². The summed E-state index contributed by atoms with van der Waals surface area (Å²) in [6, 6.07) is 10.7. The van der Waals surface area contributed by atoms with Gasteiger partial charge in [-0.3, -0.25) is 4.98 Å². The van der Waals surface area contributed by atoms with Crippen LogP contribution in [-0.4, -0.2) is 24.8 Å². The van der Waals surface area contributed by atoms with E-state index in [1.807, 2.05) is 18.2 Å². The zero-order valence-electron chi connectivity index (χ0n) is 12.1. The first kappa shape index (κ1) is 15.3. The molecule has 0 aliphatic rings. The number of rotatable bonds is 4. The van der Waals surface area contributed by atoms with E-state index in [0.717, 1.165) is 5.01 Å². The van der Waals surface area contributed by atoms with Gasteiger partial charge < -0.3 is 4.74 Å². The molecule has 1 aromatic carbocycles. The molecule has 0 N–H and O–H groups in total. The lowest BCUT2D eigenvalue weighted by Gasteiger charge is -2.05. The zero-order chi connectivity index (χ0) is 16.5. The molecule has 0 radical (unpaired) electrons. The van der Waals surface area contributed by atoms with Crippen LogP contribution in [0.4, 0.5) is 0 Å². The van der Waals surface area contributed by atoms with Crippen LogP contribution >= 0.6 is 34.5 Å². The molecule has 0 saturated carbocycles. The molecule has 0 fully saturated rings. The Labute approximate surface area is 150 Å². The van der Waals surface area contributed by atoms with Gasteiger partial charge in [-0.15, -0.1) is 10.2 Å². The molecule has 0 aliphatic carbocycles. The molecule has 4 aromatic rings. The maximum Gasteiger partial charge on any atom is 0.235 e. The van der Waals surface area contributed by atoms with Gasteiger partial charge in [-0.1, -0.05) is 40.6 Å². The van der Waals surface area contributed by atoms with E-state index in [9.17, 15) is 0 Å². The molecule has 24 heavy (non-hydrogen) atoms. The lowest BCUT2D eigenvalue weighted by atomic mass is 10.3. The standard InChI is InChI=1S/C15H9Cl2N5OS/c16-9-4-5-12(10(17)7-9)23-8-13-21-22-14(19-20-15(22)24-13)11-3-1-2-6-18-11/h1-7H,8H2. The van der Waals surface area contributed by atoms with Crippen molar-refractivity contribution < 1.29 is 4.74 Å². The molecule has 4 rings (SSSR count). The highest BCUT2D eigenvalue weighted by Crippen LogP contribution is 2.29. The molecule has 6 nitrogen and oxygen atoms in total. The molecule has 0 aliphatic heterocycles. The highest BCUT2D eigenvalue weighted by Gasteiger charge is 2.14. The number of hydrogen-bond donors (Lipinski definition) is 0. The summed E-state index contributed by atoms with van der Waals surface area (Å²) in [5.41, 5.74) is 0.712. The topological polar surface area (TPSA) is 65.2 Å². The Bertz CT molecular complexity index is 1000. The fourth-order valence-electron chi connectivity index (χ4n) is 2.10. The first-order valence-corrected chi connectivity index (χ1v) is 8.48. The van der Waals surface area contributed by atoms with Gasteiger partial charge in [0.1, 0.15) is 18.1 Å². The predicted octanol–water partition coefficient (Wildman–Crippen LogP) is 4.13. The molecule has 0 amide bonds. The van der Waals surface area contributed by atoms with Crippen molar-refractivity contribution in [3.8, 4) is 17.3 Å². The van der Waals surface area contributed by atoms with Crippen LogP contribution in [0.3, 0.4) is 0 Å². The number of halogens is 2. The van der Waals surface area contributed by atoms with Crippen LogP contribution in [0.15, 0.2) is 42.6 Å². The van der Waals surface area contributed by atoms with E-state index in [1.54, 1.807) is 28.9 Å². The molecular formula is C15H9Cl2N5OS. The zero-order valence-corrected chi connectivity index (χ0v) is 14.4. The Morgan fingerprint density at radius 1 is 1.12 bits per heavy atom. The second-order valence-electron chi connectivity index (χ2n) is 4.79. The van der Waals surface area contributed by atoms with E-state index < -0.39 is 0 Å². The fraction of sp³-hybridized carbons (Fsp3) is 0.0667. The molecule has 120 valence electrons. The first-order valence-electron chi connectivity index (χ1n) is 6.91. The normalized spacial score (nSPS) is 11.1. The van der Waals surface area contributed by atoms with Crippen molar-refractivity contribution >= 4 is 39.5 Å². The van der Waals surface area contributed by atoms with Crippen molar-refractivity contribution in [3.05, 3.63) is 57.6 Å². The Morgan fingerprint density at radius 2 is 2.04 bits per heavy atom. The number of pyridine rings is 1. The maximum absolute atomic E-state index is 6.10. The molecule has 9 heteroatoms. The summed E-state index contributed by atoms with van der Waals surface area (Å²) < 4.78 is 7.36. The van der Waals surface area contributed by atoms with Crippen molar-refractivity contribution in [2.75, 3.05) is 0 Å². The van der Waals surface area contributed by atoms with Gasteiger partial charge in [0.15, 0.2) is 5.01 Å². The number of hydrogen-bond acceptors (Lipinski definition) is 6. The van der Waals surface area contributed by atoms with Gasteiger partial charge in [-0.25, -0.2) is 0 Å². The van der Waals surface area contributed by atoms with E-state index in [2.05, 4.69) is 20.3 Å². The molecule has 3 aromatic heterocycles. The van der Waals surface area contributed by atoms with E-state index >= 15 is 0 Å². The van der Waals surface area contributed by atoms with Crippen LogP contribution in [0, 0.1) is 0 Å². The van der Waals surface area contributed by atoms with Crippen molar-refractivity contribution in [3.63, 3.8) is 0 Å². The molecule has 0 bridgehead atoms. The molecular weight excluding hydrogens is 369 g/mol. The molecule has 0 unspecified atom stereocenters. The van der Waals surface area contributed by atoms with Gasteiger partial charge in [0.2, 0.25) is 10.8 Å². The van der Waals surface area contributed by atoms with Gasteiger partial charge >= 0.3 is 0 Å². The highest BCUT2D eigenvalue weighted by molar-refractivity contribution is 7.16. The third-order valence-electron chi connectivity index (χ3n) is 3.17. The minimum atomic E-state index is 0.275. The van der Waals surface area contributed by atoms with Crippen LogP contribution in [0.25, 0.3) is 16.5 Å². The fourth-order valence-corrected chi connectivity index (χ4v) is 3.31.